The highest BCUT2D eigenvalue weighted by molar-refractivity contribution is 5.94. The van der Waals surface area contributed by atoms with Crippen LogP contribution in [-0.4, -0.2) is 24.0 Å². The molecule has 0 unspecified atom stereocenters. The van der Waals surface area contributed by atoms with Gasteiger partial charge in [-0.3, -0.25) is 9.98 Å². The van der Waals surface area contributed by atoms with Crippen LogP contribution in [0.1, 0.15) is 38.8 Å². The van der Waals surface area contributed by atoms with Crippen LogP contribution in [0, 0.1) is 0 Å². The zero-order valence-electron chi connectivity index (χ0n) is 17.2. The summed E-state index contributed by atoms with van der Waals surface area (Å²) in [5.41, 5.74) is 18.8. The average molecular weight is 437 g/mol. The van der Waals surface area contributed by atoms with Gasteiger partial charge in [0.05, 0.1) is 0 Å². The van der Waals surface area contributed by atoms with E-state index in [9.17, 15) is 0 Å². The molecule has 158 valence electrons. The molecule has 0 radical (unpaired) electrons. The lowest BCUT2D eigenvalue weighted by Gasteiger charge is -2.09. The minimum atomic E-state index is 0. The Balaban J connectivity index is 0.00000210. The summed E-state index contributed by atoms with van der Waals surface area (Å²) in [6.07, 6.45) is 0.873. The summed E-state index contributed by atoms with van der Waals surface area (Å²) in [7, 11) is 0. The van der Waals surface area contributed by atoms with Crippen LogP contribution in [0.15, 0.2) is 46.4 Å². The first kappa shape index (κ1) is 24.6. The lowest BCUT2D eigenvalue weighted by atomic mass is 10.1. The van der Waals surface area contributed by atoms with Crippen LogP contribution in [0.3, 0.4) is 0 Å². The third-order valence-corrected chi connectivity index (χ3v) is 4.22. The maximum absolute atomic E-state index is 5.94. The monoisotopic (exact) mass is 436 g/mol. The van der Waals surface area contributed by atoms with E-state index >= 15 is 0 Å². The highest BCUT2D eigenvalue weighted by Gasteiger charge is 2.19. The molecule has 0 fully saturated rings. The molecule has 0 spiro atoms. The maximum Gasteiger partial charge on any atom is 0.193 e. The van der Waals surface area contributed by atoms with Crippen molar-refractivity contribution in [2.45, 2.75) is 46.2 Å². The minimum absolute atomic E-state index is 0. The first-order chi connectivity index (χ1) is 12.8. The van der Waals surface area contributed by atoms with Gasteiger partial charge in [0.15, 0.2) is 11.9 Å². The van der Waals surface area contributed by atoms with Gasteiger partial charge in [-0.2, -0.15) is 0 Å². The number of fused-ring (bicyclic) bond motifs is 3. The van der Waals surface area contributed by atoms with Crippen molar-refractivity contribution in [2.75, 3.05) is 10.6 Å². The van der Waals surface area contributed by atoms with Gasteiger partial charge >= 0.3 is 0 Å². The van der Waals surface area contributed by atoms with Crippen LogP contribution < -0.4 is 22.1 Å². The molecule has 1 aliphatic rings. The fourth-order valence-corrected chi connectivity index (χ4v) is 3.28. The van der Waals surface area contributed by atoms with Gasteiger partial charge < -0.3 is 22.1 Å². The summed E-state index contributed by atoms with van der Waals surface area (Å²) < 4.78 is 0. The largest absolute Gasteiger partial charge is 0.370 e. The molecular weight excluding hydrogens is 407 g/mol. The number of aliphatic imine (C=N–C) groups is 2. The number of guanidine groups is 2. The molecule has 0 aliphatic heterocycles. The number of nitrogens with zero attached hydrogens (tertiary/aromatic N) is 2. The van der Waals surface area contributed by atoms with Gasteiger partial charge in [-0.1, -0.05) is 12.1 Å². The van der Waals surface area contributed by atoms with Crippen LogP contribution in [0.4, 0.5) is 11.4 Å². The third-order valence-electron chi connectivity index (χ3n) is 4.22. The second-order valence-corrected chi connectivity index (χ2v) is 7.39. The molecule has 6 nitrogen and oxygen atoms in total. The van der Waals surface area contributed by atoms with Gasteiger partial charge in [-0.05, 0) is 80.6 Å². The summed E-state index contributed by atoms with van der Waals surface area (Å²) in [6, 6.07) is 12.9. The van der Waals surface area contributed by atoms with E-state index in [4.69, 9.17) is 11.5 Å². The van der Waals surface area contributed by atoms with Crippen molar-refractivity contribution in [2.24, 2.45) is 21.5 Å². The Morgan fingerprint density at radius 3 is 1.48 bits per heavy atom. The number of hydrogen-bond acceptors (Lipinski definition) is 2. The van der Waals surface area contributed by atoms with Crippen molar-refractivity contribution in [3.8, 4) is 11.1 Å². The van der Waals surface area contributed by atoms with Gasteiger partial charge in [0, 0.05) is 23.5 Å². The third kappa shape index (κ3) is 6.27. The Hall–Kier alpha value is -2.44. The van der Waals surface area contributed by atoms with Gasteiger partial charge in [-0.25, -0.2) is 0 Å². The van der Waals surface area contributed by atoms with E-state index in [1.807, 2.05) is 39.8 Å². The van der Waals surface area contributed by atoms with Crippen LogP contribution >= 0.6 is 24.8 Å². The van der Waals surface area contributed by atoms with Crippen LogP contribution in [-0.2, 0) is 6.42 Å². The maximum atomic E-state index is 5.94. The van der Waals surface area contributed by atoms with E-state index in [0.717, 1.165) is 17.8 Å². The van der Waals surface area contributed by atoms with E-state index in [1.165, 1.54) is 22.3 Å². The predicted octanol–water partition coefficient (Wildman–Crippen LogP) is 4.37. The predicted molar refractivity (Wildman–Crippen MR) is 130 cm³/mol. The van der Waals surface area contributed by atoms with Gasteiger partial charge in [0.25, 0.3) is 0 Å². The molecule has 8 heteroatoms. The molecule has 0 amide bonds. The van der Waals surface area contributed by atoms with Crippen LogP contribution in [0.5, 0.6) is 0 Å². The summed E-state index contributed by atoms with van der Waals surface area (Å²) in [5.74, 6) is 0.874. The number of halogens is 2. The van der Waals surface area contributed by atoms with E-state index in [0.29, 0.717) is 11.9 Å². The van der Waals surface area contributed by atoms with Gasteiger partial charge in [0.2, 0.25) is 0 Å². The van der Waals surface area contributed by atoms with Crippen molar-refractivity contribution >= 4 is 48.1 Å². The Kier molecular flexibility index (Phi) is 8.80. The quantitative estimate of drug-likeness (QED) is 0.360. The second-order valence-electron chi connectivity index (χ2n) is 7.39. The zero-order chi connectivity index (χ0) is 19.6. The van der Waals surface area contributed by atoms with Crippen LogP contribution in [0.25, 0.3) is 11.1 Å². The van der Waals surface area contributed by atoms with E-state index in [2.05, 4.69) is 44.9 Å². The molecule has 3 rings (SSSR count). The standard InChI is InChI=1S/C21H28N6.2ClH/c1-12(2)24-20(22)26-16-5-7-18-14(10-16)9-15-11-17(6-8-19(15)18)27-21(23)25-13(3)4;;/h5-8,10-13H,9H2,1-4H3,(H3,22,24,26)(H3,23,25,27);2*1H. The average Bonchev–Trinajstić information content (AvgIpc) is 2.89. The molecule has 6 N–H and O–H groups in total. The number of nitrogens with two attached hydrogens (primary N) is 2. The number of anilines is 2. The van der Waals surface area contributed by atoms with Crippen molar-refractivity contribution < 1.29 is 0 Å². The summed E-state index contributed by atoms with van der Waals surface area (Å²) >= 11 is 0. The molecule has 0 saturated carbocycles. The Morgan fingerprint density at radius 1 is 0.759 bits per heavy atom. The topological polar surface area (TPSA) is 101 Å². The van der Waals surface area contributed by atoms with Crippen molar-refractivity contribution in [1.82, 2.24) is 0 Å². The molecule has 0 saturated heterocycles. The fraction of sp³-hybridized carbons (Fsp3) is 0.333. The summed E-state index contributed by atoms with van der Waals surface area (Å²) in [5, 5.41) is 6.34. The van der Waals surface area contributed by atoms with E-state index < -0.39 is 0 Å². The lowest BCUT2D eigenvalue weighted by molar-refractivity contribution is 0.833. The lowest BCUT2D eigenvalue weighted by Crippen LogP contribution is -2.24. The van der Waals surface area contributed by atoms with E-state index in [1.54, 1.807) is 0 Å². The summed E-state index contributed by atoms with van der Waals surface area (Å²) in [6.45, 7) is 7.99. The minimum Gasteiger partial charge on any atom is -0.370 e. The molecule has 2 aromatic rings. The number of hydrogen-bond donors (Lipinski definition) is 4. The Bertz CT molecular complexity index is 833. The zero-order valence-corrected chi connectivity index (χ0v) is 18.8. The smallest absolute Gasteiger partial charge is 0.193 e. The number of nitrogens with one attached hydrogen (secondary N) is 2. The van der Waals surface area contributed by atoms with Gasteiger partial charge in [0.1, 0.15) is 0 Å². The molecule has 1 aliphatic carbocycles. The molecule has 2 aromatic carbocycles. The fourth-order valence-electron chi connectivity index (χ4n) is 3.28. The molecule has 29 heavy (non-hydrogen) atoms. The Labute approximate surface area is 185 Å². The van der Waals surface area contributed by atoms with E-state index in [-0.39, 0.29) is 36.9 Å². The SMILES string of the molecule is CC(C)N=C(N)Nc1ccc2c(c1)Cc1cc(NC(N)=NC(C)C)ccc1-2.Cl.Cl. The first-order valence-electron chi connectivity index (χ1n) is 9.28. The molecule has 0 aromatic heterocycles. The van der Waals surface area contributed by atoms with Crippen molar-refractivity contribution in [1.29, 1.82) is 0 Å². The first-order valence-corrected chi connectivity index (χ1v) is 9.28. The second kappa shape index (κ2) is 10.4. The van der Waals surface area contributed by atoms with Crippen molar-refractivity contribution in [3.63, 3.8) is 0 Å². The molecule has 0 atom stereocenters. The summed E-state index contributed by atoms with van der Waals surface area (Å²) in [4.78, 5) is 8.63. The Morgan fingerprint density at radius 2 is 1.14 bits per heavy atom. The van der Waals surface area contributed by atoms with Crippen LogP contribution in [0.2, 0.25) is 0 Å². The number of benzene rings is 2. The highest BCUT2D eigenvalue weighted by Crippen LogP contribution is 2.39. The normalized spacial score (nSPS) is 12.8. The molecule has 0 heterocycles. The molecule has 0 bridgehead atoms. The van der Waals surface area contributed by atoms with Crippen molar-refractivity contribution in [3.05, 3.63) is 47.5 Å². The molecular formula is C21H30Cl2N6. The number of rotatable bonds is 4. The highest BCUT2D eigenvalue weighted by atomic mass is 35.5. The van der Waals surface area contributed by atoms with Gasteiger partial charge in [-0.15, -0.1) is 24.8 Å².